The van der Waals surface area contributed by atoms with Crippen LogP contribution in [0, 0.1) is 11.6 Å². The molecule has 38 heavy (non-hydrogen) atoms. The van der Waals surface area contributed by atoms with E-state index in [1.165, 1.54) is 4.90 Å². The highest BCUT2D eigenvalue weighted by Crippen LogP contribution is 2.35. The summed E-state index contributed by atoms with van der Waals surface area (Å²) in [5.41, 5.74) is -0.414. The molecule has 0 bridgehead atoms. The van der Waals surface area contributed by atoms with Gasteiger partial charge in [0, 0.05) is 29.8 Å². The third-order valence-electron chi connectivity index (χ3n) is 6.18. The van der Waals surface area contributed by atoms with Crippen molar-refractivity contribution in [3.63, 3.8) is 0 Å². The normalized spacial score (nSPS) is 15.6. The smallest absolute Gasteiger partial charge is 0.411 e. The van der Waals surface area contributed by atoms with Crippen molar-refractivity contribution in [1.82, 2.24) is 4.90 Å². The number of hydrogen-bond acceptors (Lipinski definition) is 5. The molecule has 1 N–H and O–H groups in total. The summed E-state index contributed by atoms with van der Waals surface area (Å²) in [4.78, 5) is 28.0. The van der Waals surface area contributed by atoms with Crippen molar-refractivity contribution in [2.45, 2.75) is 71.9 Å². The van der Waals surface area contributed by atoms with Crippen LogP contribution in [0.15, 0.2) is 30.3 Å². The molecule has 0 saturated carbocycles. The zero-order valence-electron chi connectivity index (χ0n) is 23.2. The molecule has 2 amide bonds. The number of rotatable bonds is 8. The minimum absolute atomic E-state index is 0.0526. The third-order valence-corrected chi connectivity index (χ3v) is 6.18. The first-order chi connectivity index (χ1) is 17.8. The van der Waals surface area contributed by atoms with Crippen LogP contribution in [0.4, 0.5) is 19.3 Å². The number of amides is 2. The van der Waals surface area contributed by atoms with Gasteiger partial charge in [0.2, 0.25) is 0 Å². The number of anilines is 1. The van der Waals surface area contributed by atoms with Crippen molar-refractivity contribution in [1.29, 1.82) is 0 Å². The number of benzene rings is 2. The number of nitrogens with zero attached hydrogens (tertiary/aromatic N) is 1. The fourth-order valence-electron chi connectivity index (χ4n) is 4.59. The Hall–Kier alpha value is -3.20. The van der Waals surface area contributed by atoms with E-state index in [-0.39, 0.29) is 24.4 Å². The molecule has 0 aliphatic carbocycles. The molecule has 1 atom stereocenters. The van der Waals surface area contributed by atoms with Crippen LogP contribution in [0.25, 0.3) is 0 Å². The summed E-state index contributed by atoms with van der Waals surface area (Å²) < 4.78 is 46.8. The highest BCUT2D eigenvalue weighted by Gasteiger charge is 2.39. The lowest BCUT2D eigenvalue weighted by Gasteiger charge is -2.37. The number of fused-ring (bicyclic) bond motifs is 1. The standard InChI is InChI=1S/C29H38F2N2O5/c1-8-36-17-29(6,7)24-22(30)15-19(16-23(24)31)32-26(34)25-21-11-10-20(37-9-2)14-18(21)12-13-33(25)27(35)38-28(3,4)5/h10-11,14-16,25H,8-9,12-13,17H2,1-7H3,(H,32,34). The lowest BCUT2D eigenvalue weighted by atomic mass is 9.84. The molecule has 208 valence electrons. The fourth-order valence-corrected chi connectivity index (χ4v) is 4.59. The summed E-state index contributed by atoms with van der Waals surface area (Å²) in [6, 6.07) is 6.43. The molecule has 1 heterocycles. The van der Waals surface area contributed by atoms with Crippen molar-refractivity contribution in [2.75, 3.05) is 31.7 Å². The molecule has 0 saturated heterocycles. The second kappa shape index (κ2) is 11.7. The van der Waals surface area contributed by atoms with E-state index in [2.05, 4.69) is 5.32 Å². The van der Waals surface area contributed by atoms with Gasteiger partial charge in [0.25, 0.3) is 5.91 Å². The van der Waals surface area contributed by atoms with Gasteiger partial charge in [0.15, 0.2) is 0 Å². The maximum Gasteiger partial charge on any atom is 0.411 e. The van der Waals surface area contributed by atoms with E-state index < -0.39 is 40.7 Å². The lowest BCUT2D eigenvalue weighted by molar-refractivity contribution is -0.122. The molecule has 7 nitrogen and oxygen atoms in total. The van der Waals surface area contributed by atoms with Crippen LogP contribution >= 0.6 is 0 Å². The van der Waals surface area contributed by atoms with E-state index in [9.17, 15) is 9.59 Å². The van der Waals surface area contributed by atoms with Gasteiger partial charge in [-0.3, -0.25) is 9.69 Å². The van der Waals surface area contributed by atoms with Gasteiger partial charge in [-0.25, -0.2) is 13.6 Å². The molecule has 3 rings (SSSR count). The Kier molecular flexibility index (Phi) is 9.02. The average molecular weight is 533 g/mol. The molecular formula is C29H38F2N2O5. The SMILES string of the molecule is CCOCC(C)(C)c1c(F)cc(NC(=O)C2c3ccc(OCC)cc3CCN2C(=O)OC(C)(C)C)cc1F. The van der Waals surface area contributed by atoms with Crippen LogP contribution in [0.1, 0.15) is 71.2 Å². The fraction of sp³-hybridized carbons (Fsp3) is 0.517. The van der Waals surface area contributed by atoms with Gasteiger partial charge in [-0.1, -0.05) is 19.9 Å². The number of ether oxygens (including phenoxy) is 3. The summed E-state index contributed by atoms with van der Waals surface area (Å²) in [5, 5.41) is 2.61. The van der Waals surface area contributed by atoms with E-state index in [1.807, 2.05) is 19.9 Å². The number of hydrogen-bond donors (Lipinski definition) is 1. The first kappa shape index (κ1) is 29.4. The molecule has 1 unspecified atom stereocenters. The van der Waals surface area contributed by atoms with Gasteiger partial charge in [0.05, 0.1) is 13.2 Å². The van der Waals surface area contributed by atoms with Crippen LogP contribution in [-0.4, -0.2) is 48.9 Å². The first-order valence-corrected chi connectivity index (χ1v) is 12.9. The van der Waals surface area contributed by atoms with Crippen LogP contribution < -0.4 is 10.1 Å². The second-order valence-corrected chi connectivity index (χ2v) is 10.9. The highest BCUT2D eigenvalue weighted by molar-refractivity contribution is 5.98. The van der Waals surface area contributed by atoms with E-state index >= 15 is 8.78 Å². The maximum atomic E-state index is 15.1. The Morgan fingerprint density at radius 2 is 1.68 bits per heavy atom. The third kappa shape index (κ3) is 6.81. The summed E-state index contributed by atoms with van der Waals surface area (Å²) in [7, 11) is 0. The van der Waals surface area contributed by atoms with Gasteiger partial charge in [-0.05, 0) is 76.4 Å². The summed E-state index contributed by atoms with van der Waals surface area (Å²) in [5.74, 6) is -1.54. The average Bonchev–Trinajstić information content (AvgIpc) is 2.80. The topological polar surface area (TPSA) is 77.1 Å². The van der Waals surface area contributed by atoms with Crippen LogP contribution in [-0.2, 0) is 26.1 Å². The Bertz CT molecular complexity index is 1150. The van der Waals surface area contributed by atoms with Gasteiger partial charge in [-0.2, -0.15) is 0 Å². The zero-order valence-corrected chi connectivity index (χ0v) is 23.2. The zero-order chi connectivity index (χ0) is 28.3. The predicted octanol–water partition coefficient (Wildman–Crippen LogP) is 6.15. The van der Waals surface area contributed by atoms with Gasteiger partial charge < -0.3 is 19.5 Å². The van der Waals surface area contributed by atoms with Crippen LogP contribution in [0.2, 0.25) is 0 Å². The molecule has 0 spiro atoms. The van der Waals surface area contributed by atoms with Crippen molar-refractivity contribution in [3.05, 3.63) is 58.7 Å². The number of nitrogens with one attached hydrogen (secondary N) is 1. The van der Waals surface area contributed by atoms with E-state index in [1.54, 1.807) is 46.8 Å². The highest BCUT2D eigenvalue weighted by atomic mass is 19.1. The molecule has 2 aromatic carbocycles. The molecule has 9 heteroatoms. The lowest BCUT2D eigenvalue weighted by Crippen LogP contribution is -2.47. The molecular weight excluding hydrogens is 494 g/mol. The van der Waals surface area contributed by atoms with Gasteiger partial charge in [0.1, 0.15) is 29.0 Å². The van der Waals surface area contributed by atoms with Crippen molar-refractivity contribution in [3.8, 4) is 5.75 Å². The molecule has 2 aromatic rings. The Morgan fingerprint density at radius 3 is 2.26 bits per heavy atom. The molecule has 0 aromatic heterocycles. The quantitative estimate of drug-likeness (QED) is 0.441. The van der Waals surface area contributed by atoms with E-state index in [0.29, 0.717) is 30.9 Å². The van der Waals surface area contributed by atoms with Crippen molar-refractivity contribution >= 4 is 17.7 Å². The molecule has 1 aliphatic rings. The minimum atomic E-state index is -1.07. The number of halogens is 2. The summed E-state index contributed by atoms with van der Waals surface area (Å²) >= 11 is 0. The van der Waals surface area contributed by atoms with Crippen LogP contribution in [0.3, 0.4) is 0 Å². The number of carbonyl (C=O) groups is 2. The van der Waals surface area contributed by atoms with Crippen molar-refractivity contribution < 1.29 is 32.6 Å². The summed E-state index contributed by atoms with van der Waals surface area (Å²) in [6.07, 6.45) is -0.158. The Balaban J connectivity index is 1.96. The largest absolute Gasteiger partial charge is 0.494 e. The Labute approximate surface area is 223 Å². The monoisotopic (exact) mass is 532 g/mol. The van der Waals surface area contributed by atoms with E-state index in [0.717, 1.165) is 17.7 Å². The molecule has 1 aliphatic heterocycles. The minimum Gasteiger partial charge on any atom is -0.494 e. The first-order valence-electron chi connectivity index (χ1n) is 12.9. The van der Waals surface area contributed by atoms with Gasteiger partial charge in [-0.15, -0.1) is 0 Å². The van der Waals surface area contributed by atoms with E-state index in [4.69, 9.17) is 14.2 Å². The summed E-state index contributed by atoms with van der Waals surface area (Å²) in [6.45, 7) is 13.6. The molecule has 0 fully saturated rings. The van der Waals surface area contributed by atoms with Crippen molar-refractivity contribution in [2.24, 2.45) is 0 Å². The number of carbonyl (C=O) groups excluding carboxylic acids is 2. The predicted molar refractivity (Wildman–Crippen MR) is 142 cm³/mol. The second-order valence-electron chi connectivity index (χ2n) is 10.9. The molecule has 0 radical (unpaired) electrons. The van der Waals surface area contributed by atoms with Gasteiger partial charge >= 0.3 is 6.09 Å². The maximum absolute atomic E-state index is 15.1. The van der Waals surface area contributed by atoms with Crippen LogP contribution in [0.5, 0.6) is 5.75 Å². The Morgan fingerprint density at radius 1 is 1.03 bits per heavy atom.